The van der Waals surface area contributed by atoms with E-state index in [1.54, 1.807) is 33.0 Å². The number of carboxylic acids is 1. The van der Waals surface area contributed by atoms with Gasteiger partial charge in [-0.3, -0.25) is 14.2 Å². The van der Waals surface area contributed by atoms with Crippen LogP contribution in [0.15, 0.2) is 47.4 Å². The van der Waals surface area contributed by atoms with Crippen LogP contribution in [0.4, 0.5) is 0 Å². The van der Waals surface area contributed by atoms with E-state index in [1.807, 2.05) is 30.3 Å². The molecule has 0 amide bonds. The highest BCUT2D eigenvalue weighted by Crippen LogP contribution is 2.28. The van der Waals surface area contributed by atoms with Gasteiger partial charge in [0.25, 0.3) is 5.56 Å². The summed E-state index contributed by atoms with van der Waals surface area (Å²) in [6.07, 6.45) is 2.05. The van der Waals surface area contributed by atoms with Gasteiger partial charge in [-0.05, 0) is 44.0 Å². The summed E-state index contributed by atoms with van der Waals surface area (Å²) in [5, 5.41) is 9.55. The molecule has 0 radical (unpaired) electrons. The Morgan fingerprint density at radius 3 is 2.38 bits per heavy atom. The normalized spacial score (nSPS) is 13.7. The smallest absolute Gasteiger partial charge is 0.314 e. The minimum Gasteiger partial charge on any atom is -0.481 e. The van der Waals surface area contributed by atoms with Crippen LogP contribution in [0.2, 0.25) is 0 Å². The van der Waals surface area contributed by atoms with E-state index in [2.05, 4.69) is 0 Å². The van der Waals surface area contributed by atoms with E-state index in [0.717, 1.165) is 5.69 Å². The van der Waals surface area contributed by atoms with Crippen LogP contribution in [0.25, 0.3) is 5.69 Å². The van der Waals surface area contributed by atoms with E-state index in [9.17, 15) is 14.7 Å². The van der Waals surface area contributed by atoms with E-state index in [4.69, 9.17) is 0 Å². The first-order valence-corrected chi connectivity index (χ1v) is 6.93. The summed E-state index contributed by atoms with van der Waals surface area (Å²) in [7, 11) is 0. The topological polar surface area (TPSA) is 59.3 Å². The van der Waals surface area contributed by atoms with Crippen LogP contribution < -0.4 is 5.56 Å². The largest absolute Gasteiger partial charge is 0.481 e. The predicted octanol–water partition coefficient (Wildman–Crippen LogP) is 2.90. The standard InChI is InChI=1S/C17H19NO3/c1-4-17(3,16(20)21)14-12(2)10-11-18(15(14)19)13-8-6-5-7-9-13/h5-11H,4H2,1-3H3,(H,20,21). The third-order valence-corrected chi connectivity index (χ3v) is 4.07. The van der Waals surface area contributed by atoms with Gasteiger partial charge in [0.05, 0.1) is 5.41 Å². The number of nitrogens with zero attached hydrogens (tertiary/aromatic N) is 1. The summed E-state index contributed by atoms with van der Waals surface area (Å²) in [5.74, 6) is -0.976. The van der Waals surface area contributed by atoms with E-state index in [-0.39, 0.29) is 5.56 Å². The van der Waals surface area contributed by atoms with Gasteiger partial charge in [-0.15, -0.1) is 0 Å². The van der Waals surface area contributed by atoms with Crippen LogP contribution >= 0.6 is 0 Å². The second-order valence-electron chi connectivity index (χ2n) is 5.38. The van der Waals surface area contributed by atoms with Gasteiger partial charge in [-0.2, -0.15) is 0 Å². The van der Waals surface area contributed by atoms with Gasteiger partial charge in [-0.25, -0.2) is 0 Å². The van der Waals surface area contributed by atoms with Gasteiger partial charge in [0.1, 0.15) is 0 Å². The number of carboxylic acid groups (broad SMARTS) is 1. The highest BCUT2D eigenvalue weighted by atomic mass is 16.4. The molecule has 1 unspecified atom stereocenters. The van der Waals surface area contributed by atoms with Gasteiger partial charge < -0.3 is 5.11 Å². The van der Waals surface area contributed by atoms with Crippen molar-refractivity contribution < 1.29 is 9.90 Å². The lowest BCUT2D eigenvalue weighted by atomic mass is 9.78. The highest BCUT2D eigenvalue weighted by molar-refractivity contribution is 5.81. The van der Waals surface area contributed by atoms with Gasteiger partial charge in [-0.1, -0.05) is 25.1 Å². The second kappa shape index (κ2) is 5.56. The summed E-state index contributed by atoms with van der Waals surface area (Å²) in [4.78, 5) is 24.5. The van der Waals surface area contributed by atoms with Crippen LogP contribution in [-0.4, -0.2) is 15.6 Å². The van der Waals surface area contributed by atoms with Crippen molar-refractivity contribution in [1.82, 2.24) is 4.57 Å². The Labute approximate surface area is 123 Å². The van der Waals surface area contributed by atoms with Crippen molar-refractivity contribution in [3.05, 3.63) is 64.1 Å². The Hall–Kier alpha value is -2.36. The van der Waals surface area contributed by atoms with E-state index in [1.165, 1.54) is 4.57 Å². The lowest BCUT2D eigenvalue weighted by molar-refractivity contribution is -0.143. The first kappa shape index (κ1) is 15.0. The quantitative estimate of drug-likeness (QED) is 0.939. The van der Waals surface area contributed by atoms with Crippen LogP contribution in [0.1, 0.15) is 31.4 Å². The molecule has 1 atom stereocenters. The first-order valence-electron chi connectivity index (χ1n) is 6.93. The fourth-order valence-corrected chi connectivity index (χ4v) is 2.52. The molecule has 1 aromatic carbocycles. The fraction of sp³-hybridized carbons (Fsp3) is 0.294. The molecule has 1 N–H and O–H groups in total. The third-order valence-electron chi connectivity index (χ3n) is 4.07. The molecule has 4 nitrogen and oxygen atoms in total. The molecule has 0 bridgehead atoms. The Kier molecular flexibility index (Phi) is 3.98. The molecule has 0 aliphatic carbocycles. The summed E-state index contributed by atoms with van der Waals surface area (Å²) in [5.41, 5.74) is 0.335. The molecule has 0 saturated carbocycles. The Morgan fingerprint density at radius 2 is 1.86 bits per heavy atom. The summed E-state index contributed by atoms with van der Waals surface area (Å²) >= 11 is 0. The van der Waals surface area contributed by atoms with Crippen molar-refractivity contribution in [2.75, 3.05) is 0 Å². The molecular formula is C17H19NO3. The number of aryl methyl sites for hydroxylation is 1. The number of aromatic nitrogens is 1. The number of para-hydroxylation sites is 1. The molecule has 0 aliphatic heterocycles. The fourth-order valence-electron chi connectivity index (χ4n) is 2.52. The van der Waals surface area contributed by atoms with Crippen molar-refractivity contribution in [3.63, 3.8) is 0 Å². The Balaban J connectivity index is 2.75. The average Bonchev–Trinajstić information content (AvgIpc) is 2.47. The summed E-state index contributed by atoms with van der Waals surface area (Å²) < 4.78 is 1.50. The van der Waals surface area contributed by atoms with Crippen molar-refractivity contribution in [1.29, 1.82) is 0 Å². The van der Waals surface area contributed by atoms with E-state index in [0.29, 0.717) is 17.5 Å². The zero-order valence-corrected chi connectivity index (χ0v) is 12.5. The van der Waals surface area contributed by atoms with Gasteiger partial charge in [0.15, 0.2) is 0 Å². The first-order chi connectivity index (χ1) is 9.91. The summed E-state index contributed by atoms with van der Waals surface area (Å²) in [6, 6.07) is 11.0. The lowest BCUT2D eigenvalue weighted by Gasteiger charge is -2.25. The lowest BCUT2D eigenvalue weighted by Crippen LogP contribution is -2.40. The maximum absolute atomic E-state index is 12.8. The van der Waals surface area contributed by atoms with Crippen molar-refractivity contribution in [2.24, 2.45) is 0 Å². The molecule has 4 heteroatoms. The molecule has 0 spiro atoms. The maximum atomic E-state index is 12.8. The third kappa shape index (κ3) is 2.49. The van der Waals surface area contributed by atoms with E-state index >= 15 is 0 Å². The molecule has 2 aromatic rings. The molecule has 0 saturated heterocycles. The average molecular weight is 285 g/mol. The minimum atomic E-state index is -1.18. The van der Waals surface area contributed by atoms with Gasteiger partial charge in [0, 0.05) is 17.4 Å². The van der Waals surface area contributed by atoms with Crippen molar-refractivity contribution >= 4 is 5.97 Å². The number of benzene rings is 1. The molecular weight excluding hydrogens is 266 g/mol. The van der Waals surface area contributed by atoms with Crippen LogP contribution in [0.5, 0.6) is 0 Å². The van der Waals surface area contributed by atoms with Crippen molar-refractivity contribution in [2.45, 2.75) is 32.6 Å². The van der Waals surface area contributed by atoms with Crippen LogP contribution in [0.3, 0.4) is 0 Å². The number of carbonyl (C=O) groups is 1. The molecule has 2 rings (SSSR count). The predicted molar refractivity (Wildman–Crippen MR) is 82.1 cm³/mol. The molecule has 21 heavy (non-hydrogen) atoms. The number of hydrogen-bond acceptors (Lipinski definition) is 2. The highest BCUT2D eigenvalue weighted by Gasteiger charge is 2.37. The number of rotatable bonds is 4. The maximum Gasteiger partial charge on any atom is 0.314 e. The van der Waals surface area contributed by atoms with Gasteiger partial charge in [0.2, 0.25) is 0 Å². The Morgan fingerprint density at radius 1 is 1.24 bits per heavy atom. The molecule has 110 valence electrons. The number of hydrogen-bond donors (Lipinski definition) is 1. The SMILES string of the molecule is CCC(C)(C(=O)O)c1c(C)ccn(-c2ccccc2)c1=O. The van der Waals surface area contributed by atoms with Gasteiger partial charge >= 0.3 is 5.97 Å². The molecule has 0 fully saturated rings. The Bertz CT molecular complexity index is 719. The monoisotopic (exact) mass is 285 g/mol. The summed E-state index contributed by atoms with van der Waals surface area (Å²) in [6.45, 7) is 5.17. The zero-order chi connectivity index (χ0) is 15.6. The number of aliphatic carboxylic acids is 1. The van der Waals surface area contributed by atoms with Crippen LogP contribution in [0, 0.1) is 6.92 Å². The van der Waals surface area contributed by atoms with E-state index < -0.39 is 11.4 Å². The zero-order valence-electron chi connectivity index (χ0n) is 12.5. The second-order valence-corrected chi connectivity index (χ2v) is 5.38. The minimum absolute atomic E-state index is 0.270. The molecule has 0 aliphatic rings. The van der Waals surface area contributed by atoms with Crippen LogP contribution in [-0.2, 0) is 10.2 Å². The molecule has 1 heterocycles. The molecule has 1 aromatic heterocycles. The van der Waals surface area contributed by atoms with Crippen molar-refractivity contribution in [3.8, 4) is 5.69 Å². The number of pyridine rings is 1.